The molecule has 2 heterocycles. The molecule has 1 saturated heterocycles. The predicted octanol–water partition coefficient (Wildman–Crippen LogP) is 2.21. The van der Waals surface area contributed by atoms with Crippen molar-refractivity contribution in [1.29, 1.82) is 0 Å². The van der Waals surface area contributed by atoms with Crippen LogP contribution in [0.3, 0.4) is 0 Å². The number of rotatable bonds is 9. The first-order chi connectivity index (χ1) is 13.2. The molecule has 1 aliphatic heterocycles. The first-order valence-electron chi connectivity index (χ1n) is 9.44. The second kappa shape index (κ2) is 10.4. The number of hydrogen-bond donors (Lipinski definition) is 1. The molecule has 0 unspecified atom stereocenters. The number of halogens is 1. The van der Waals surface area contributed by atoms with Crippen LogP contribution in [-0.2, 0) is 11.3 Å². The normalized spacial score (nSPS) is 15.0. The Balaban J connectivity index is 1.34. The summed E-state index contributed by atoms with van der Waals surface area (Å²) in [4.78, 5) is 14.6. The van der Waals surface area contributed by atoms with Crippen LogP contribution in [0.2, 0.25) is 5.02 Å². The number of nitrogens with zero attached hydrogens (tertiary/aromatic N) is 4. The van der Waals surface area contributed by atoms with Crippen molar-refractivity contribution in [2.24, 2.45) is 0 Å². The van der Waals surface area contributed by atoms with Crippen LogP contribution in [0.1, 0.15) is 35.3 Å². The van der Waals surface area contributed by atoms with E-state index in [4.69, 9.17) is 16.3 Å². The monoisotopic (exact) mass is 391 g/mol. The summed E-state index contributed by atoms with van der Waals surface area (Å²) in [7, 11) is 0. The number of nitrogens with one attached hydrogen (secondary N) is 1. The predicted molar refractivity (Wildman–Crippen MR) is 104 cm³/mol. The highest BCUT2D eigenvalue weighted by atomic mass is 35.5. The molecule has 1 aromatic carbocycles. The second-order valence-corrected chi connectivity index (χ2v) is 7.07. The maximum Gasteiger partial charge on any atom is 0.273 e. The summed E-state index contributed by atoms with van der Waals surface area (Å²) >= 11 is 6.15. The van der Waals surface area contributed by atoms with Crippen molar-refractivity contribution >= 4 is 17.5 Å². The molecule has 1 aliphatic rings. The van der Waals surface area contributed by atoms with E-state index in [1.54, 1.807) is 10.9 Å². The number of benzene rings is 1. The molecule has 2 aromatic rings. The standard InChI is InChI=1S/C19H26ClN5O2/c20-17-7-3-2-6-16(17)14-25-15-18(22-23-25)19(26)21-8-4-1-5-9-24-10-12-27-13-11-24/h2-3,6-7,15H,1,4-5,8-14H2,(H,21,26). The second-order valence-electron chi connectivity index (χ2n) is 6.66. The topological polar surface area (TPSA) is 72.3 Å². The van der Waals surface area contributed by atoms with Crippen LogP contribution in [0.25, 0.3) is 0 Å². The molecule has 0 radical (unpaired) electrons. The van der Waals surface area contributed by atoms with Gasteiger partial charge in [0.25, 0.3) is 5.91 Å². The van der Waals surface area contributed by atoms with Gasteiger partial charge < -0.3 is 10.1 Å². The summed E-state index contributed by atoms with van der Waals surface area (Å²) in [6, 6.07) is 7.57. The van der Waals surface area contributed by atoms with Crippen LogP contribution in [0.5, 0.6) is 0 Å². The minimum atomic E-state index is -0.186. The van der Waals surface area contributed by atoms with E-state index in [-0.39, 0.29) is 5.91 Å². The van der Waals surface area contributed by atoms with Crippen LogP contribution in [-0.4, -0.2) is 65.2 Å². The summed E-state index contributed by atoms with van der Waals surface area (Å²) in [6.45, 7) is 5.98. The van der Waals surface area contributed by atoms with Gasteiger partial charge in [0.2, 0.25) is 0 Å². The third-order valence-corrected chi connectivity index (χ3v) is 4.97. The van der Waals surface area contributed by atoms with Crippen LogP contribution < -0.4 is 5.32 Å². The Morgan fingerprint density at radius 3 is 2.81 bits per heavy atom. The first-order valence-corrected chi connectivity index (χ1v) is 9.82. The fourth-order valence-corrected chi connectivity index (χ4v) is 3.23. The van der Waals surface area contributed by atoms with Gasteiger partial charge >= 0.3 is 0 Å². The first kappa shape index (κ1) is 19.8. The van der Waals surface area contributed by atoms with E-state index in [0.717, 1.165) is 57.7 Å². The zero-order valence-corrected chi connectivity index (χ0v) is 16.2. The Morgan fingerprint density at radius 2 is 2.00 bits per heavy atom. The molecule has 0 saturated carbocycles. The molecule has 8 heteroatoms. The van der Waals surface area contributed by atoms with Gasteiger partial charge in [-0.25, -0.2) is 4.68 Å². The molecular formula is C19H26ClN5O2. The average Bonchev–Trinajstić information content (AvgIpc) is 3.16. The summed E-state index contributed by atoms with van der Waals surface area (Å²) in [5, 5.41) is 11.6. The van der Waals surface area contributed by atoms with Crippen molar-refractivity contribution in [2.45, 2.75) is 25.8 Å². The van der Waals surface area contributed by atoms with Crippen LogP contribution in [0.4, 0.5) is 0 Å². The molecule has 3 rings (SSSR count). The van der Waals surface area contributed by atoms with Gasteiger partial charge in [-0.2, -0.15) is 0 Å². The van der Waals surface area contributed by atoms with Crippen molar-refractivity contribution in [3.05, 3.63) is 46.7 Å². The lowest BCUT2D eigenvalue weighted by Gasteiger charge is -2.26. The highest BCUT2D eigenvalue weighted by molar-refractivity contribution is 6.31. The fraction of sp³-hybridized carbons (Fsp3) is 0.526. The van der Waals surface area contributed by atoms with Gasteiger partial charge in [-0.15, -0.1) is 5.10 Å². The summed E-state index contributed by atoms with van der Waals surface area (Å²) in [5.41, 5.74) is 1.27. The molecule has 1 aromatic heterocycles. The van der Waals surface area contributed by atoms with Gasteiger partial charge in [-0.05, 0) is 31.0 Å². The molecule has 1 N–H and O–H groups in total. The Hall–Kier alpha value is -1.96. The van der Waals surface area contributed by atoms with Gasteiger partial charge in [-0.3, -0.25) is 9.69 Å². The Morgan fingerprint density at radius 1 is 1.19 bits per heavy atom. The lowest BCUT2D eigenvalue weighted by molar-refractivity contribution is 0.0371. The van der Waals surface area contributed by atoms with Gasteiger partial charge in [0.15, 0.2) is 5.69 Å². The van der Waals surface area contributed by atoms with E-state index < -0.39 is 0 Å². The number of ether oxygens (including phenoxy) is 1. The van der Waals surface area contributed by atoms with Gasteiger partial charge in [0, 0.05) is 24.7 Å². The lowest BCUT2D eigenvalue weighted by Crippen LogP contribution is -2.36. The number of amides is 1. The fourth-order valence-electron chi connectivity index (χ4n) is 3.04. The average molecular weight is 392 g/mol. The van der Waals surface area contributed by atoms with E-state index in [1.807, 2.05) is 24.3 Å². The Labute approximate surface area is 164 Å². The Bertz CT molecular complexity index is 730. The van der Waals surface area contributed by atoms with Gasteiger partial charge in [-0.1, -0.05) is 41.4 Å². The summed E-state index contributed by atoms with van der Waals surface area (Å²) in [6.07, 6.45) is 4.85. The highest BCUT2D eigenvalue weighted by Gasteiger charge is 2.12. The molecule has 0 atom stereocenters. The smallest absolute Gasteiger partial charge is 0.273 e. The third-order valence-electron chi connectivity index (χ3n) is 4.60. The van der Waals surface area contributed by atoms with Crippen molar-refractivity contribution < 1.29 is 9.53 Å². The van der Waals surface area contributed by atoms with Gasteiger partial charge in [0.1, 0.15) is 0 Å². The SMILES string of the molecule is O=C(NCCCCCN1CCOCC1)c1cn(Cc2ccccc2Cl)nn1. The van der Waals surface area contributed by atoms with E-state index in [1.165, 1.54) is 0 Å². The summed E-state index contributed by atoms with van der Waals surface area (Å²) < 4.78 is 6.97. The molecule has 146 valence electrons. The minimum Gasteiger partial charge on any atom is -0.379 e. The molecule has 0 bridgehead atoms. The maximum absolute atomic E-state index is 12.2. The zero-order valence-electron chi connectivity index (χ0n) is 15.4. The molecule has 0 aliphatic carbocycles. The highest BCUT2D eigenvalue weighted by Crippen LogP contribution is 2.15. The number of unbranched alkanes of at least 4 members (excludes halogenated alkanes) is 2. The van der Waals surface area contributed by atoms with Crippen molar-refractivity contribution in [3.63, 3.8) is 0 Å². The third kappa shape index (κ3) is 6.30. The maximum atomic E-state index is 12.2. The Kier molecular flexibility index (Phi) is 7.62. The quantitative estimate of drug-likeness (QED) is 0.663. The van der Waals surface area contributed by atoms with Crippen LogP contribution >= 0.6 is 11.6 Å². The summed E-state index contributed by atoms with van der Waals surface area (Å²) in [5.74, 6) is -0.186. The minimum absolute atomic E-state index is 0.186. The molecule has 7 nitrogen and oxygen atoms in total. The lowest BCUT2D eigenvalue weighted by atomic mass is 10.2. The van der Waals surface area contributed by atoms with E-state index in [2.05, 4.69) is 20.5 Å². The molecule has 1 fully saturated rings. The van der Waals surface area contributed by atoms with Crippen molar-refractivity contribution in [3.8, 4) is 0 Å². The van der Waals surface area contributed by atoms with Crippen LogP contribution in [0, 0.1) is 0 Å². The molecule has 1 amide bonds. The van der Waals surface area contributed by atoms with Gasteiger partial charge in [0.05, 0.1) is 26.0 Å². The number of carbonyl (C=O) groups excluding carboxylic acids is 1. The number of aromatic nitrogens is 3. The zero-order chi connectivity index (χ0) is 18.9. The number of carbonyl (C=O) groups is 1. The number of morpholine rings is 1. The van der Waals surface area contributed by atoms with E-state index in [0.29, 0.717) is 23.8 Å². The molecule has 0 spiro atoms. The van der Waals surface area contributed by atoms with Crippen molar-refractivity contribution in [1.82, 2.24) is 25.2 Å². The molecular weight excluding hydrogens is 366 g/mol. The largest absolute Gasteiger partial charge is 0.379 e. The van der Waals surface area contributed by atoms with E-state index in [9.17, 15) is 4.79 Å². The van der Waals surface area contributed by atoms with E-state index >= 15 is 0 Å². The molecule has 27 heavy (non-hydrogen) atoms. The van der Waals surface area contributed by atoms with Crippen LogP contribution in [0.15, 0.2) is 30.5 Å². The van der Waals surface area contributed by atoms with Crippen molar-refractivity contribution in [2.75, 3.05) is 39.4 Å². The number of hydrogen-bond acceptors (Lipinski definition) is 5.